The topological polar surface area (TPSA) is 58.6 Å². The van der Waals surface area contributed by atoms with E-state index in [0.29, 0.717) is 23.7 Å². The van der Waals surface area contributed by atoms with Gasteiger partial charge in [-0.25, -0.2) is 9.59 Å². The molecule has 1 saturated heterocycles. The van der Waals surface area contributed by atoms with E-state index < -0.39 is 6.04 Å². The number of piperidine rings is 1. The molecule has 2 amide bonds. The molecule has 1 atom stereocenters. The van der Waals surface area contributed by atoms with Crippen LogP contribution in [0.1, 0.15) is 19.3 Å². The highest BCUT2D eigenvalue weighted by molar-refractivity contribution is 6.30. The highest BCUT2D eigenvalue weighted by Crippen LogP contribution is 2.20. The second-order valence-electron chi connectivity index (χ2n) is 4.67. The fourth-order valence-electron chi connectivity index (χ4n) is 2.32. The number of halogens is 1. The number of ether oxygens (including phenoxy) is 1. The van der Waals surface area contributed by atoms with E-state index in [1.165, 1.54) is 12.0 Å². The maximum atomic E-state index is 12.3. The number of hydrogen-bond acceptors (Lipinski definition) is 3. The van der Waals surface area contributed by atoms with Crippen LogP contribution >= 0.6 is 11.6 Å². The largest absolute Gasteiger partial charge is 0.467 e. The van der Waals surface area contributed by atoms with Gasteiger partial charge in [-0.3, -0.25) is 0 Å². The molecule has 1 heterocycles. The molecular weight excluding hydrogens is 280 g/mol. The van der Waals surface area contributed by atoms with E-state index in [1.807, 2.05) is 0 Å². The molecule has 1 aliphatic rings. The number of carbonyl (C=O) groups excluding carboxylic acids is 2. The summed E-state index contributed by atoms with van der Waals surface area (Å²) in [6.07, 6.45) is 2.44. The number of esters is 1. The number of anilines is 1. The summed E-state index contributed by atoms with van der Waals surface area (Å²) in [7, 11) is 1.34. The Morgan fingerprint density at radius 3 is 2.90 bits per heavy atom. The lowest BCUT2D eigenvalue weighted by molar-refractivity contribution is -0.146. The summed E-state index contributed by atoms with van der Waals surface area (Å²) in [5.74, 6) is -0.369. The molecule has 20 heavy (non-hydrogen) atoms. The van der Waals surface area contributed by atoms with E-state index in [0.717, 1.165) is 12.8 Å². The zero-order valence-corrected chi connectivity index (χ0v) is 12.0. The number of likely N-dealkylation sites (tertiary alicyclic amines) is 1. The van der Waals surface area contributed by atoms with E-state index >= 15 is 0 Å². The Morgan fingerprint density at radius 1 is 1.40 bits per heavy atom. The smallest absolute Gasteiger partial charge is 0.328 e. The Morgan fingerprint density at radius 2 is 2.20 bits per heavy atom. The molecule has 0 bridgehead atoms. The van der Waals surface area contributed by atoms with Gasteiger partial charge < -0.3 is 15.0 Å². The van der Waals surface area contributed by atoms with E-state index in [1.54, 1.807) is 24.3 Å². The highest BCUT2D eigenvalue weighted by atomic mass is 35.5. The molecule has 0 saturated carbocycles. The Labute approximate surface area is 122 Å². The third kappa shape index (κ3) is 3.42. The third-order valence-corrected chi connectivity index (χ3v) is 3.55. The van der Waals surface area contributed by atoms with Gasteiger partial charge in [0.25, 0.3) is 0 Å². The first-order chi connectivity index (χ1) is 9.61. The van der Waals surface area contributed by atoms with Gasteiger partial charge in [0, 0.05) is 17.3 Å². The lowest BCUT2D eigenvalue weighted by Gasteiger charge is -2.33. The fourth-order valence-corrected chi connectivity index (χ4v) is 2.51. The minimum atomic E-state index is -0.507. The van der Waals surface area contributed by atoms with Gasteiger partial charge in [0.15, 0.2) is 0 Å². The highest BCUT2D eigenvalue weighted by Gasteiger charge is 2.32. The van der Waals surface area contributed by atoms with Crippen LogP contribution in [0.4, 0.5) is 10.5 Å². The number of hydrogen-bond donors (Lipinski definition) is 1. The monoisotopic (exact) mass is 296 g/mol. The molecule has 2 rings (SSSR count). The molecule has 0 radical (unpaired) electrons. The summed E-state index contributed by atoms with van der Waals surface area (Å²) in [6.45, 7) is 0.548. The molecule has 0 spiro atoms. The van der Waals surface area contributed by atoms with Crippen LogP contribution in [-0.2, 0) is 9.53 Å². The summed E-state index contributed by atoms with van der Waals surface area (Å²) in [5.41, 5.74) is 0.608. The number of nitrogens with one attached hydrogen (secondary N) is 1. The molecule has 1 aromatic rings. The molecule has 1 aromatic carbocycles. The van der Waals surface area contributed by atoms with Crippen LogP contribution in [-0.4, -0.2) is 36.6 Å². The predicted molar refractivity (Wildman–Crippen MR) is 76.8 cm³/mol. The number of carbonyl (C=O) groups is 2. The van der Waals surface area contributed by atoms with Gasteiger partial charge in [-0.05, 0) is 37.5 Å². The second kappa shape index (κ2) is 6.61. The number of urea groups is 1. The van der Waals surface area contributed by atoms with Crippen molar-refractivity contribution in [2.24, 2.45) is 0 Å². The van der Waals surface area contributed by atoms with Crippen molar-refractivity contribution in [2.75, 3.05) is 19.0 Å². The van der Waals surface area contributed by atoms with E-state index in [9.17, 15) is 9.59 Å². The first-order valence-electron chi connectivity index (χ1n) is 6.53. The summed E-state index contributed by atoms with van der Waals surface area (Å²) in [4.78, 5) is 25.5. The number of rotatable bonds is 2. The van der Waals surface area contributed by atoms with Gasteiger partial charge in [-0.1, -0.05) is 17.7 Å². The second-order valence-corrected chi connectivity index (χ2v) is 5.11. The number of nitrogens with zero attached hydrogens (tertiary/aromatic N) is 1. The van der Waals surface area contributed by atoms with Crippen molar-refractivity contribution < 1.29 is 14.3 Å². The molecule has 1 N–H and O–H groups in total. The van der Waals surface area contributed by atoms with Crippen LogP contribution in [0.2, 0.25) is 5.02 Å². The predicted octanol–water partition coefficient (Wildman–Crippen LogP) is 2.90. The Bertz CT molecular complexity index is 507. The van der Waals surface area contributed by atoms with Gasteiger partial charge in [0.1, 0.15) is 6.04 Å². The van der Waals surface area contributed by atoms with Crippen molar-refractivity contribution in [2.45, 2.75) is 25.3 Å². The summed E-state index contributed by atoms with van der Waals surface area (Å²) < 4.78 is 4.76. The first-order valence-corrected chi connectivity index (χ1v) is 6.90. The number of benzene rings is 1. The zero-order valence-electron chi connectivity index (χ0n) is 11.3. The van der Waals surface area contributed by atoms with Crippen molar-refractivity contribution in [1.82, 2.24) is 4.90 Å². The van der Waals surface area contributed by atoms with Crippen LogP contribution in [0, 0.1) is 0 Å². The molecular formula is C14H17ClN2O3. The molecule has 1 fully saturated rings. The molecule has 0 unspecified atom stereocenters. The SMILES string of the molecule is COC(=O)[C@H]1CCCCN1C(=O)Nc1cccc(Cl)c1. The quantitative estimate of drug-likeness (QED) is 0.854. The normalized spacial score (nSPS) is 18.5. The minimum absolute atomic E-state index is 0.303. The molecule has 0 aromatic heterocycles. The first kappa shape index (κ1) is 14.7. The zero-order chi connectivity index (χ0) is 14.5. The third-order valence-electron chi connectivity index (χ3n) is 3.31. The average Bonchev–Trinajstić information content (AvgIpc) is 2.46. The van der Waals surface area contributed by atoms with Crippen LogP contribution in [0.3, 0.4) is 0 Å². The summed E-state index contributed by atoms with van der Waals surface area (Å²) in [6, 6.07) is 6.09. The fraction of sp³-hybridized carbons (Fsp3) is 0.429. The van der Waals surface area contributed by atoms with Crippen LogP contribution in [0.25, 0.3) is 0 Å². The molecule has 1 aliphatic heterocycles. The van der Waals surface area contributed by atoms with Gasteiger partial charge in [-0.2, -0.15) is 0 Å². The van der Waals surface area contributed by atoms with Gasteiger partial charge >= 0.3 is 12.0 Å². The lowest BCUT2D eigenvalue weighted by atomic mass is 10.0. The van der Waals surface area contributed by atoms with Crippen molar-refractivity contribution >= 4 is 29.3 Å². The maximum Gasteiger partial charge on any atom is 0.328 e. The minimum Gasteiger partial charge on any atom is -0.467 e. The van der Waals surface area contributed by atoms with E-state index in [-0.39, 0.29) is 12.0 Å². The number of amides is 2. The molecule has 6 heteroatoms. The van der Waals surface area contributed by atoms with Crippen LogP contribution in [0.15, 0.2) is 24.3 Å². The maximum absolute atomic E-state index is 12.3. The van der Waals surface area contributed by atoms with Crippen molar-refractivity contribution in [3.05, 3.63) is 29.3 Å². The van der Waals surface area contributed by atoms with Crippen LogP contribution in [0.5, 0.6) is 0 Å². The summed E-state index contributed by atoms with van der Waals surface area (Å²) >= 11 is 5.88. The van der Waals surface area contributed by atoms with Gasteiger partial charge in [0.05, 0.1) is 7.11 Å². The lowest BCUT2D eigenvalue weighted by Crippen LogP contribution is -2.50. The van der Waals surface area contributed by atoms with E-state index in [2.05, 4.69) is 5.32 Å². The van der Waals surface area contributed by atoms with E-state index in [4.69, 9.17) is 16.3 Å². The Balaban J connectivity index is 2.08. The van der Waals surface area contributed by atoms with Crippen molar-refractivity contribution in [3.63, 3.8) is 0 Å². The van der Waals surface area contributed by atoms with Crippen LogP contribution < -0.4 is 5.32 Å². The summed E-state index contributed by atoms with van der Waals surface area (Å²) in [5, 5.41) is 3.30. The Hall–Kier alpha value is -1.75. The average molecular weight is 297 g/mol. The van der Waals surface area contributed by atoms with Crippen molar-refractivity contribution in [1.29, 1.82) is 0 Å². The van der Waals surface area contributed by atoms with Gasteiger partial charge in [-0.15, -0.1) is 0 Å². The number of methoxy groups -OCH3 is 1. The molecule has 108 valence electrons. The Kier molecular flexibility index (Phi) is 4.84. The van der Waals surface area contributed by atoms with Crippen molar-refractivity contribution in [3.8, 4) is 0 Å². The molecule has 5 nitrogen and oxygen atoms in total. The molecule has 0 aliphatic carbocycles. The standard InChI is InChI=1S/C14H17ClN2O3/c1-20-13(18)12-7-2-3-8-17(12)14(19)16-11-6-4-5-10(15)9-11/h4-6,9,12H,2-3,7-8H2,1H3,(H,16,19)/t12-/m1/s1. The van der Waals surface area contributed by atoms with Gasteiger partial charge in [0.2, 0.25) is 0 Å².